The predicted octanol–water partition coefficient (Wildman–Crippen LogP) is 2.95. The van der Waals surface area contributed by atoms with Gasteiger partial charge >= 0.3 is 0 Å². The second-order valence-electron chi connectivity index (χ2n) is 6.83. The first kappa shape index (κ1) is 15.5. The molecule has 1 saturated carbocycles. The number of halogens is 1. The molecule has 1 N–H and O–H groups in total. The number of amides is 1. The Kier molecular flexibility index (Phi) is 4.77. The van der Waals surface area contributed by atoms with Gasteiger partial charge in [-0.2, -0.15) is 0 Å². The lowest BCUT2D eigenvalue weighted by molar-refractivity contribution is -0.128. The predicted molar refractivity (Wildman–Crippen MR) is 84.7 cm³/mol. The Morgan fingerprint density at radius 3 is 2.73 bits per heavy atom. The Morgan fingerprint density at radius 1 is 1.32 bits per heavy atom. The highest BCUT2D eigenvalue weighted by atomic mass is 19.1. The number of piperidine rings is 1. The molecule has 2 aliphatic rings. The molecule has 1 aromatic carbocycles. The van der Waals surface area contributed by atoms with E-state index in [-0.39, 0.29) is 17.8 Å². The standard InChI is InChI=1S/C18H25FN2O/c1-13-10-15(13)11-20-18(22)17-4-2-3-9-21(17)12-14-5-7-16(19)8-6-14/h5-8,13,15,17H,2-4,9-12H2,1H3,(H,20,22)/t13-,15-,17+/m1/s1. The summed E-state index contributed by atoms with van der Waals surface area (Å²) in [5.41, 5.74) is 1.07. The largest absolute Gasteiger partial charge is 0.354 e. The van der Waals surface area contributed by atoms with E-state index in [4.69, 9.17) is 0 Å². The van der Waals surface area contributed by atoms with Crippen molar-refractivity contribution in [1.82, 2.24) is 10.2 Å². The molecule has 1 aromatic rings. The van der Waals surface area contributed by atoms with E-state index in [1.54, 1.807) is 0 Å². The second kappa shape index (κ2) is 6.78. The third-order valence-electron chi connectivity index (χ3n) is 5.03. The number of rotatable bonds is 5. The fourth-order valence-electron chi connectivity index (χ4n) is 3.33. The average molecular weight is 304 g/mol. The first-order valence-corrected chi connectivity index (χ1v) is 8.39. The summed E-state index contributed by atoms with van der Waals surface area (Å²) in [5, 5.41) is 3.13. The minimum absolute atomic E-state index is 0.0344. The van der Waals surface area contributed by atoms with Crippen LogP contribution >= 0.6 is 0 Å². The van der Waals surface area contributed by atoms with Crippen LogP contribution in [0.3, 0.4) is 0 Å². The van der Waals surface area contributed by atoms with Crippen molar-refractivity contribution in [3.8, 4) is 0 Å². The SMILES string of the molecule is C[C@@H]1C[C@@H]1CNC(=O)[C@@H]1CCCCN1Cc1ccc(F)cc1. The van der Waals surface area contributed by atoms with E-state index in [2.05, 4.69) is 17.1 Å². The monoisotopic (exact) mass is 304 g/mol. The first-order chi connectivity index (χ1) is 10.6. The van der Waals surface area contributed by atoms with Crippen LogP contribution in [0.1, 0.15) is 38.2 Å². The van der Waals surface area contributed by atoms with Gasteiger partial charge in [0, 0.05) is 13.1 Å². The van der Waals surface area contributed by atoms with Crippen molar-refractivity contribution in [2.24, 2.45) is 11.8 Å². The Hall–Kier alpha value is -1.42. The maximum atomic E-state index is 13.0. The molecule has 1 amide bonds. The van der Waals surface area contributed by atoms with Gasteiger partial charge in [0.15, 0.2) is 0 Å². The minimum Gasteiger partial charge on any atom is -0.354 e. The highest BCUT2D eigenvalue weighted by Crippen LogP contribution is 2.36. The number of likely N-dealkylation sites (tertiary alicyclic amines) is 1. The summed E-state index contributed by atoms with van der Waals surface area (Å²) >= 11 is 0. The summed E-state index contributed by atoms with van der Waals surface area (Å²) in [6.45, 7) is 4.71. The van der Waals surface area contributed by atoms with Crippen LogP contribution < -0.4 is 5.32 Å². The molecule has 3 rings (SSSR count). The van der Waals surface area contributed by atoms with Gasteiger partial charge < -0.3 is 5.32 Å². The zero-order valence-corrected chi connectivity index (χ0v) is 13.2. The number of carbonyl (C=O) groups excluding carboxylic acids is 1. The van der Waals surface area contributed by atoms with Crippen molar-refractivity contribution in [2.75, 3.05) is 13.1 Å². The Labute approximate surface area is 131 Å². The van der Waals surface area contributed by atoms with Crippen LogP contribution in [0.5, 0.6) is 0 Å². The van der Waals surface area contributed by atoms with Crippen LogP contribution in [0.15, 0.2) is 24.3 Å². The number of nitrogens with zero attached hydrogens (tertiary/aromatic N) is 1. The summed E-state index contributed by atoms with van der Waals surface area (Å²) in [7, 11) is 0. The van der Waals surface area contributed by atoms with E-state index in [0.717, 1.165) is 50.4 Å². The summed E-state index contributed by atoms with van der Waals surface area (Å²) in [5.74, 6) is 1.40. The zero-order valence-electron chi connectivity index (χ0n) is 13.2. The topological polar surface area (TPSA) is 32.3 Å². The smallest absolute Gasteiger partial charge is 0.237 e. The maximum absolute atomic E-state index is 13.0. The van der Waals surface area contributed by atoms with Crippen molar-refractivity contribution in [3.63, 3.8) is 0 Å². The highest BCUT2D eigenvalue weighted by Gasteiger charge is 2.34. The van der Waals surface area contributed by atoms with Gasteiger partial charge in [-0.3, -0.25) is 9.69 Å². The van der Waals surface area contributed by atoms with Crippen LogP contribution in [0.4, 0.5) is 4.39 Å². The molecule has 0 unspecified atom stereocenters. The molecular weight excluding hydrogens is 279 g/mol. The average Bonchev–Trinajstić information content (AvgIpc) is 3.23. The number of carbonyl (C=O) groups is 1. The third kappa shape index (κ3) is 3.86. The van der Waals surface area contributed by atoms with E-state index in [9.17, 15) is 9.18 Å². The number of benzene rings is 1. The van der Waals surface area contributed by atoms with Crippen LogP contribution in [0.25, 0.3) is 0 Å². The molecule has 22 heavy (non-hydrogen) atoms. The quantitative estimate of drug-likeness (QED) is 0.907. The van der Waals surface area contributed by atoms with Gasteiger partial charge in [-0.05, 0) is 55.3 Å². The molecule has 1 aliphatic carbocycles. The zero-order chi connectivity index (χ0) is 15.5. The van der Waals surface area contributed by atoms with Gasteiger partial charge in [0.1, 0.15) is 5.82 Å². The molecule has 4 heteroatoms. The lowest BCUT2D eigenvalue weighted by Crippen LogP contribution is -2.49. The summed E-state index contributed by atoms with van der Waals surface area (Å²) in [6, 6.07) is 6.56. The molecule has 2 fully saturated rings. The van der Waals surface area contributed by atoms with E-state index < -0.39 is 0 Å². The first-order valence-electron chi connectivity index (χ1n) is 8.39. The molecule has 0 aromatic heterocycles. The fraction of sp³-hybridized carbons (Fsp3) is 0.611. The van der Waals surface area contributed by atoms with E-state index in [1.165, 1.54) is 18.6 Å². The van der Waals surface area contributed by atoms with Crippen molar-refractivity contribution < 1.29 is 9.18 Å². The summed E-state index contributed by atoms with van der Waals surface area (Å²) < 4.78 is 13.0. The molecule has 0 radical (unpaired) electrons. The van der Waals surface area contributed by atoms with Crippen LogP contribution in [-0.2, 0) is 11.3 Å². The van der Waals surface area contributed by atoms with Crippen LogP contribution in [0, 0.1) is 17.7 Å². The minimum atomic E-state index is -0.213. The lowest BCUT2D eigenvalue weighted by Gasteiger charge is -2.34. The van der Waals surface area contributed by atoms with Gasteiger partial charge in [-0.25, -0.2) is 4.39 Å². The summed E-state index contributed by atoms with van der Waals surface area (Å²) in [6.07, 6.45) is 4.40. The molecule has 1 heterocycles. The van der Waals surface area contributed by atoms with Crippen LogP contribution in [-0.4, -0.2) is 29.9 Å². The lowest BCUT2D eigenvalue weighted by atomic mass is 10.00. The Bertz CT molecular complexity index is 516. The van der Waals surface area contributed by atoms with Gasteiger partial charge in [0.05, 0.1) is 6.04 Å². The Balaban J connectivity index is 1.57. The molecular formula is C18H25FN2O. The normalized spacial score (nSPS) is 28.4. The molecule has 1 aliphatic heterocycles. The summed E-state index contributed by atoms with van der Waals surface area (Å²) in [4.78, 5) is 14.7. The van der Waals surface area contributed by atoms with Gasteiger partial charge in [-0.1, -0.05) is 25.5 Å². The molecule has 1 saturated heterocycles. The van der Waals surface area contributed by atoms with Gasteiger partial charge in [0.2, 0.25) is 5.91 Å². The van der Waals surface area contributed by atoms with Crippen molar-refractivity contribution in [2.45, 2.75) is 45.2 Å². The van der Waals surface area contributed by atoms with Gasteiger partial charge in [-0.15, -0.1) is 0 Å². The Morgan fingerprint density at radius 2 is 2.05 bits per heavy atom. The van der Waals surface area contributed by atoms with E-state index in [1.807, 2.05) is 12.1 Å². The van der Waals surface area contributed by atoms with E-state index >= 15 is 0 Å². The second-order valence-corrected chi connectivity index (χ2v) is 6.83. The molecule has 3 nitrogen and oxygen atoms in total. The maximum Gasteiger partial charge on any atom is 0.237 e. The van der Waals surface area contributed by atoms with Crippen molar-refractivity contribution >= 4 is 5.91 Å². The molecule has 3 atom stereocenters. The van der Waals surface area contributed by atoms with E-state index in [0.29, 0.717) is 5.92 Å². The molecule has 0 bridgehead atoms. The number of hydrogen-bond donors (Lipinski definition) is 1. The number of hydrogen-bond acceptors (Lipinski definition) is 2. The highest BCUT2D eigenvalue weighted by molar-refractivity contribution is 5.81. The van der Waals surface area contributed by atoms with Crippen molar-refractivity contribution in [1.29, 1.82) is 0 Å². The fourth-order valence-corrected chi connectivity index (χ4v) is 3.33. The van der Waals surface area contributed by atoms with Crippen molar-refractivity contribution in [3.05, 3.63) is 35.6 Å². The molecule has 120 valence electrons. The third-order valence-corrected chi connectivity index (χ3v) is 5.03. The number of nitrogens with one attached hydrogen (secondary N) is 1. The van der Waals surface area contributed by atoms with Gasteiger partial charge in [0.25, 0.3) is 0 Å². The van der Waals surface area contributed by atoms with Crippen LogP contribution in [0.2, 0.25) is 0 Å². The molecule has 0 spiro atoms.